The van der Waals surface area contributed by atoms with Crippen molar-refractivity contribution in [2.45, 2.75) is 6.92 Å². The maximum atomic E-state index is 5.60. The molecule has 1 aromatic heterocycles. The van der Waals surface area contributed by atoms with Crippen molar-refractivity contribution in [3.05, 3.63) is 42.2 Å². The third-order valence-corrected chi connectivity index (χ3v) is 2.20. The summed E-state index contributed by atoms with van der Waals surface area (Å²) in [5.74, 6) is 0.515. The van der Waals surface area contributed by atoms with Gasteiger partial charge in [0, 0.05) is 17.5 Å². The third-order valence-electron chi connectivity index (χ3n) is 2.20. The standard InChI is InChI=1S/C11H11N3/c1-7-8(2)13-6-9(7)10-4-3-5-11(12)14-10/h3-6H,1H2,2H3,(H2,12,14). The fraction of sp³-hybridized carbons (Fsp3) is 0.0909. The highest BCUT2D eigenvalue weighted by Crippen LogP contribution is 2.26. The Morgan fingerprint density at radius 1 is 1.36 bits per heavy atom. The van der Waals surface area contributed by atoms with E-state index in [1.165, 1.54) is 0 Å². The van der Waals surface area contributed by atoms with Crippen LogP contribution < -0.4 is 5.73 Å². The van der Waals surface area contributed by atoms with Gasteiger partial charge in [0.1, 0.15) is 5.82 Å². The highest BCUT2D eigenvalue weighted by molar-refractivity contribution is 6.14. The number of aromatic nitrogens is 1. The molecule has 0 saturated carbocycles. The number of hydrogen-bond donors (Lipinski definition) is 1. The van der Waals surface area contributed by atoms with Gasteiger partial charge in [0.05, 0.1) is 5.69 Å². The molecule has 0 amide bonds. The summed E-state index contributed by atoms with van der Waals surface area (Å²) in [7, 11) is 0. The van der Waals surface area contributed by atoms with Crippen molar-refractivity contribution in [1.82, 2.24) is 4.98 Å². The summed E-state index contributed by atoms with van der Waals surface area (Å²) in [5.41, 5.74) is 9.24. The maximum Gasteiger partial charge on any atom is 0.124 e. The number of allylic oxidation sites excluding steroid dienone is 2. The van der Waals surface area contributed by atoms with Crippen LogP contribution in [-0.2, 0) is 0 Å². The zero-order valence-electron chi connectivity index (χ0n) is 7.99. The molecular formula is C11H11N3. The van der Waals surface area contributed by atoms with E-state index >= 15 is 0 Å². The van der Waals surface area contributed by atoms with Crippen LogP contribution in [0.25, 0.3) is 5.57 Å². The van der Waals surface area contributed by atoms with Gasteiger partial charge in [-0.15, -0.1) is 0 Å². The topological polar surface area (TPSA) is 51.3 Å². The van der Waals surface area contributed by atoms with Crippen LogP contribution in [0, 0.1) is 0 Å². The Labute approximate surface area is 82.7 Å². The zero-order valence-corrected chi connectivity index (χ0v) is 7.99. The van der Waals surface area contributed by atoms with Crippen LogP contribution in [0.3, 0.4) is 0 Å². The van der Waals surface area contributed by atoms with Gasteiger partial charge in [0.2, 0.25) is 0 Å². The minimum Gasteiger partial charge on any atom is -0.384 e. The summed E-state index contributed by atoms with van der Waals surface area (Å²) >= 11 is 0. The fourth-order valence-electron chi connectivity index (χ4n) is 1.33. The molecule has 1 aliphatic heterocycles. The molecule has 3 nitrogen and oxygen atoms in total. The molecule has 1 aromatic rings. The monoisotopic (exact) mass is 185 g/mol. The normalized spacial score (nSPS) is 15.4. The van der Waals surface area contributed by atoms with Crippen LogP contribution in [0.4, 0.5) is 5.82 Å². The Kier molecular flexibility index (Phi) is 1.93. The molecule has 14 heavy (non-hydrogen) atoms. The molecule has 0 atom stereocenters. The molecule has 0 bridgehead atoms. The van der Waals surface area contributed by atoms with Gasteiger partial charge in [0.25, 0.3) is 0 Å². The number of nitrogens with two attached hydrogens (primary N) is 1. The first-order valence-corrected chi connectivity index (χ1v) is 4.35. The molecule has 0 radical (unpaired) electrons. The number of aliphatic imine (C=N–C) groups is 1. The lowest BCUT2D eigenvalue weighted by molar-refractivity contribution is 1.29. The predicted octanol–water partition coefficient (Wildman–Crippen LogP) is 2.04. The van der Waals surface area contributed by atoms with Gasteiger partial charge in [-0.05, 0) is 24.6 Å². The molecule has 0 aromatic carbocycles. The number of nitrogens with zero attached hydrogens (tertiary/aromatic N) is 2. The smallest absolute Gasteiger partial charge is 0.124 e. The van der Waals surface area contributed by atoms with Gasteiger partial charge >= 0.3 is 0 Å². The molecule has 2 N–H and O–H groups in total. The second kappa shape index (κ2) is 3.10. The van der Waals surface area contributed by atoms with Crippen molar-refractivity contribution < 1.29 is 0 Å². The van der Waals surface area contributed by atoms with Crippen LogP contribution in [0.2, 0.25) is 0 Å². The van der Waals surface area contributed by atoms with Gasteiger partial charge in [0.15, 0.2) is 0 Å². The minimum absolute atomic E-state index is 0.515. The van der Waals surface area contributed by atoms with Gasteiger partial charge in [-0.2, -0.15) is 0 Å². The summed E-state index contributed by atoms with van der Waals surface area (Å²) in [6.45, 7) is 5.87. The number of pyridine rings is 1. The summed E-state index contributed by atoms with van der Waals surface area (Å²) < 4.78 is 0. The summed E-state index contributed by atoms with van der Waals surface area (Å²) in [6, 6.07) is 5.54. The zero-order chi connectivity index (χ0) is 10.1. The maximum absolute atomic E-state index is 5.60. The molecular weight excluding hydrogens is 174 g/mol. The SMILES string of the molecule is C=C1C(c2cccc(N)n2)=CN=C1C. The van der Waals surface area contributed by atoms with Gasteiger partial charge < -0.3 is 5.73 Å². The quantitative estimate of drug-likeness (QED) is 0.727. The van der Waals surface area contributed by atoms with Crippen molar-refractivity contribution in [3.8, 4) is 0 Å². The Hall–Kier alpha value is -1.90. The van der Waals surface area contributed by atoms with Crippen LogP contribution >= 0.6 is 0 Å². The highest BCUT2D eigenvalue weighted by Gasteiger charge is 2.14. The molecule has 70 valence electrons. The van der Waals surface area contributed by atoms with E-state index in [4.69, 9.17) is 5.73 Å². The number of anilines is 1. The van der Waals surface area contributed by atoms with Crippen molar-refractivity contribution in [2.75, 3.05) is 5.73 Å². The summed E-state index contributed by atoms with van der Waals surface area (Å²) in [6.07, 6.45) is 1.78. The fourth-order valence-corrected chi connectivity index (χ4v) is 1.33. The van der Waals surface area contributed by atoms with E-state index in [1.54, 1.807) is 12.3 Å². The molecule has 0 fully saturated rings. The average Bonchev–Trinajstić information content (AvgIpc) is 2.48. The van der Waals surface area contributed by atoms with E-state index in [0.717, 1.165) is 22.6 Å². The van der Waals surface area contributed by atoms with Crippen LogP contribution in [0.15, 0.2) is 41.5 Å². The third kappa shape index (κ3) is 1.33. The van der Waals surface area contributed by atoms with Crippen molar-refractivity contribution in [2.24, 2.45) is 4.99 Å². The lowest BCUT2D eigenvalue weighted by Crippen LogP contribution is -1.97. The van der Waals surface area contributed by atoms with Crippen LogP contribution in [0.1, 0.15) is 12.6 Å². The van der Waals surface area contributed by atoms with Crippen molar-refractivity contribution in [3.63, 3.8) is 0 Å². The van der Waals surface area contributed by atoms with E-state index < -0.39 is 0 Å². The molecule has 3 heteroatoms. The Balaban J connectivity index is 2.40. The van der Waals surface area contributed by atoms with Crippen molar-refractivity contribution >= 4 is 17.1 Å². The first-order valence-electron chi connectivity index (χ1n) is 4.35. The number of rotatable bonds is 1. The second-order valence-corrected chi connectivity index (χ2v) is 3.18. The van der Waals surface area contributed by atoms with Crippen LogP contribution in [0.5, 0.6) is 0 Å². The first-order chi connectivity index (χ1) is 6.68. The Morgan fingerprint density at radius 3 is 2.71 bits per heavy atom. The van der Waals surface area contributed by atoms with Gasteiger partial charge in [-0.3, -0.25) is 4.99 Å². The average molecular weight is 185 g/mol. The lowest BCUT2D eigenvalue weighted by atomic mass is 10.0. The molecule has 2 rings (SSSR count). The van der Waals surface area contributed by atoms with E-state index in [-0.39, 0.29) is 0 Å². The second-order valence-electron chi connectivity index (χ2n) is 3.18. The molecule has 0 aliphatic carbocycles. The molecule has 1 aliphatic rings. The summed E-state index contributed by atoms with van der Waals surface area (Å²) in [5, 5.41) is 0. The molecule has 0 unspecified atom stereocenters. The highest BCUT2D eigenvalue weighted by atomic mass is 14.8. The Morgan fingerprint density at radius 2 is 2.14 bits per heavy atom. The summed E-state index contributed by atoms with van der Waals surface area (Å²) in [4.78, 5) is 8.39. The van der Waals surface area contributed by atoms with E-state index in [1.807, 2.05) is 19.1 Å². The van der Waals surface area contributed by atoms with Gasteiger partial charge in [-0.1, -0.05) is 12.6 Å². The van der Waals surface area contributed by atoms with E-state index in [0.29, 0.717) is 5.82 Å². The minimum atomic E-state index is 0.515. The number of nitrogen functional groups attached to an aromatic ring is 1. The molecule has 0 spiro atoms. The Bertz CT molecular complexity index is 455. The van der Waals surface area contributed by atoms with Crippen molar-refractivity contribution in [1.29, 1.82) is 0 Å². The first kappa shape index (κ1) is 8.69. The van der Waals surface area contributed by atoms with E-state index in [9.17, 15) is 0 Å². The predicted molar refractivity (Wildman–Crippen MR) is 58.9 cm³/mol. The number of hydrogen-bond acceptors (Lipinski definition) is 3. The largest absolute Gasteiger partial charge is 0.384 e. The van der Waals surface area contributed by atoms with Gasteiger partial charge in [-0.25, -0.2) is 4.98 Å². The van der Waals surface area contributed by atoms with Crippen LogP contribution in [-0.4, -0.2) is 10.7 Å². The molecule has 2 heterocycles. The molecule has 0 saturated heterocycles. The lowest BCUT2D eigenvalue weighted by Gasteiger charge is -2.03. The van der Waals surface area contributed by atoms with E-state index in [2.05, 4.69) is 16.6 Å².